The van der Waals surface area contributed by atoms with Gasteiger partial charge in [-0.2, -0.15) is 0 Å². The Balaban J connectivity index is 2.08. The van der Waals surface area contributed by atoms with Gasteiger partial charge in [0, 0.05) is 5.56 Å². The Morgan fingerprint density at radius 3 is 2.63 bits per heavy atom. The minimum absolute atomic E-state index is 0.140. The third kappa shape index (κ3) is 3.35. The van der Waals surface area contributed by atoms with E-state index in [-0.39, 0.29) is 5.90 Å². The summed E-state index contributed by atoms with van der Waals surface area (Å²) in [5.74, 6) is 0.879. The number of hydrogen-bond donors (Lipinski definition) is 1. The molecule has 0 saturated heterocycles. The first-order valence-electron chi connectivity index (χ1n) is 6.11. The van der Waals surface area contributed by atoms with Crippen LogP contribution < -0.4 is 4.74 Å². The van der Waals surface area contributed by atoms with E-state index in [4.69, 9.17) is 14.9 Å². The Bertz CT molecular complexity index is 578. The lowest BCUT2D eigenvalue weighted by atomic mass is 10.1. The first kappa shape index (κ1) is 13.1. The molecule has 98 valence electrons. The van der Waals surface area contributed by atoms with Gasteiger partial charge < -0.3 is 9.47 Å². The van der Waals surface area contributed by atoms with Crippen LogP contribution in [0.2, 0.25) is 0 Å². The van der Waals surface area contributed by atoms with E-state index in [1.54, 1.807) is 0 Å². The molecule has 0 radical (unpaired) electrons. The summed E-state index contributed by atoms with van der Waals surface area (Å²) in [6.45, 7) is 2.59. The zero-order chi connectivity index (χ0) is 13.7. The van der Waals surface area contributed by atoms with Crippen molar-refractivity contribution in [1.82, 2.24) is 0 Å². The zero-order valence-corrected chi connectivity index (χ0v) is 11.1. The van der Waals surface area contributed by atoms with E-state index in [1.807, 2.05) is 36.4 Å². The van der Waals surface area contributed by atoms with Crippen molar-refractivity contribution in [3.05, 3.63) is 65.2 Å². The molecular weight excluding hydrogens is 238 g/mol. The molecule has 2 aromatic rings. The molecule has 0 aliphatic carbocycles. The fraction of sp³-hybridized carbons (Fsp3) is 0.188. The van der Waals surface area contributed by atoms with Crippen LogP contribution in [0.15, 0.2) is 48.5 Å². The van der Waals surface area contributed by atoms with Gasteiger partial charge in [0.25, 0.3) is 0 Å². The average Bonchev–Trinajstić information content (AvgIpc) is 2.46. The maximum Gasteiger partial charge on any atom is 0.213 e. The number of ether oxygens (including phenoxy) is 2. The smallest absolute Gasteiger partial charge is 0.213 e. The van der Waals surface area contributed by atoms with Crippen LogP contribution in [-0.2, 0) is 11.3 Å². The van der Waals surface area contributed by atoms with Crippen LogP contribution >= 0.6 is 0 Å². The molecule has 2 rings (SSSR count). The van der Waals surface area contributed by atoms with E-state index < -0.39 is 0 Å². The van der Waals surface area contributed by atoms with Crippen molar-refractivity contribution >= 4 is 5.90 Å². The maximum absolute atomic E-state index is 7.63. The van der Waals surface area contributed by atoms with Crippen LogP contribution in [-0.4, -0.2) is 13.0 Å². The van der Waals surface area contributed by atoms with Crippen LogP contribution in [0, 0.1) is 12.3 Å². The molecule has 0 saturated carbocycles. The van der Waals surface area contributed by atoms with Gasteiger partial charge in [0.15, 0.2) is 0 Å². The lowest BCUT2D eigenvalue weighted by Crippen LogP contribution is -2.02. The van der Waals surface area contributed by atoms with Gasteiger partial charge in [-0.05, 0) is 36.2 Å². The second-order valence-electron chi connectivity index (χ2n) is 4.28. The van der Waals surface area contributed by atoms with Crippen LogP contribution in [0.3, 0.4) is 0 Å². The molecule has 0 heterocycles. The molecule has 2 aromatic carbocycles. The third-order valence-corrected chi connectivity index (χ3v) is 2.96. The molecule has 19 heavy (non-hydrogen) atoms. The fourth-order valence-electron chi connectivity index (χ4n) is 1.78. The first-order valence-corrected chi connectivity index (χ1v) is 6.11. The zero-order valence-electron chi connectivity index (χ0n) is 11.1. The van der Waals surface area contributed by atoms with Crippen molar-refractivity contribution in [1.29, 1.82) is 5.41 Å². The minimum Gasteiger partial charge on any atom is -0.489 e. The number of rotatable bonds is 4. The minimum atomic E-state index is 0.140. The van der Waals surface area contributed by atoms with E-state index >= 15 is 0 Å². The molecule has 3 heteroatoms. The quantitative estimate of drug-likeness (QED) is 0.670. The molecule has 3 nitrogen and oxygen atoms in total. The first-order chi connectivity index (χ1) is 9.20. The summed E-state index contributed by atoms with van der Waals surface area (Å²) < 4.78 is 10.7. The number of aryl methyl sites for hydroxylation is 1. The highest BCUT2D eigenvalue weighted by atomic mass is 16.5. The van der Waals surface area contributed by atoms with Gasteiger partial charge in [0.2, 0.25) is 5.90 Å². The van der Waals surface area contributed by atoms with Gasteiger partial charge in [0.1, 0.15) is 12.4 Å². The van der Waals surface area contributed by atoms with Crippen molar-refractivity contribution in [2.24, 2.45) is 0 Å². The summed E-state index contributed by atoms with van der Waals surface area (Å²) in [5, 5.41) is 7.63. The molecule has 0 bridgehead atoms. The summed E-state index contributed by atoms with van der Waals surface area (Å²) >= 11 is 0. The van der Waals surface area contributed by atoms with E-state index in [2.05, 4.69) is 19.1 Å². The Labute approximate surface area is 113 Å². The van der Waals surface area contributed by atoms with Gasteiger partial charge in [0.05, 0.1) is 7.11 Å². The molecule has 0 unspecified atom stereocenters. The monoisotopic (exact) mass is 255 g/mol. The van der Waals surface area contributed by atoms with Crippen molar-refractivity contribution < 1.29 is 9.47 Å². The largest absolute Gasteiger partial charge is 0.489 e. The highest BCUT2D eigenvalue weighted by Crippen LogP contribution is 2.17. The number of nitrogens with one attached hydrogen (secondary N) is 1. The SMILES string of the molecule is COC(=N)c1cccc(OCc2ccccc2C)c1. The molecule has 1 N–H and O–H groups in total. The van der Waals surface area contributed by atoms with Gasteiger partial charge >= 0.3 is 0 Å². The van der Waals surface area contributed by atoms with Crippen molar-refractivity contribution in [3.8, 4) is 5.75 Å². The van der Waals surface area contributed by atoms with Crippen LogP contribution in [0.4, 0.5) is 0 Å². The second-order valence-corrected chi connectivity index (χ2v) is 4.28. The summed E-state index contributed by atoms with van der Waals surface area (Å²) in [6.07, 6.45) is 0. The standard InChI is InChI=1S/C16H17NO2/c1-12-6-3-4-7-14(12)11-19-15-9-5-8-13(10-15)16(17)18-2/h3-10,17H,11H2,1-2H3. The third-order valence-electron chi connectivity index (χ3n) is 2.96. The maximum atomic E-state index is 7.63. The average molecular weight is 255 g/mol. The highest BCUT2D eigenvalue weighted by molar-refractivity contribution is 5.91. The summed E-state index contributed by atoms with van der Waals surface area (Å²) in [5.41, 5.74) is 3.09. The Hall–Kier alpha value is -2.29. The normalized spacial score (nSPS) is 10.0. The fourth-order valence-corrected chi connectivity index (χ4v) is 1.78. The predicted octanol–water partition coefficient (Wildman–Crippen LogP) is 3.55. The van der Waals surface area contributed by atoms with E-state index in [1.165, 1.54) is 12.7 Å². The van der Waals surface area contributed by atoms with E-state index in [0.717, 1.165) is 11.3 Å². The second kappa shape index (κ2) is 6.05. The van der Waals surface area contributed by atoms with Gasteiger partial charge in [-0.15, -0.1) is 0 Å². The van der Waals surface area contributed by atoms with Crippen LogP contribution in [0.1, 0.15) is 16.7 Å². The molecule has 0 spiro atoms. The summed E-state index contributed by atoms with van der Waals surface area (Å²) in [6, 6.07) is 15.5. The topological polar surface area (TPSA) is 42.3 Å². The molecular formula is C16H17NO2. The lowest BCUT2D eigenvalue weighted by Gasteiger charge is -2.10. The number of hydrogen-bond acceptors (Lipinski definition) is 3. The summed E-state index contributed by atoms with van der Waals surface area (Å²) in [7, 11) is 1.49. The Kier molecular flexibility index (Phi) is 4.18. The molecule has 0 aliphatic heterocycles. The Morgan fingerprint density at radius 1 is 1.11 bits per heavy atom. The van der Waals surface area contributed by atoms with E-state index in [0.29, 0.717) is 12.2 Å². The number of methoxy groups -OCH3 is 1. The van der Waals surface area contributed by atoms with Crippen molar-refractivity contribution in [3.63, 3.8) is 0 Å². The highest BCUT2D eigenvalue weighted by Gasteiger charge is 2.03. The van der Waals surface area contributed by atoms with Gasteiger partial charge in [-0.25, -0.2) is 0 Å². The number of benzene rings is 2. The van der Waals surface area contributed by atoms with E-state index in [9.17, 15) is 0 Å². The van der Waals surface area contributed by atoms with Crippen LogP contribution in [0.25, 0.3) is 0 Å². The van der Waals surface area contributed by atoms with Crippen LogP contribution in [0.5, 0.6) is 5.75 Å². The molecule has 0 atom stereocenters. The van der Waals surface area contributed by atoms with Gasteiger partial charge in [-0.3, -0.25) is 5.41 Å². The summed E-state index contributed by atoms with van der Waals surface area (Å²) in [4.78, 5) is 0. The predicted molar refractivity (Wildman–Crippen MR) is 75.8 cm³/mol. The van der Waals surface area contributed by atoms with Crippen molar-refractivity contribution in [2.75, 3.05) is 7.11 Å². The molecule has 0 fully saturated rings. The Morgan fingerprint density at radius 2 is 1.89 bits per heavy atom. The molecule has 0 aliphatic rings. The lowest BCUT2D eigenvalue weighted by molar-refractivity contribution is 0.305. The van der Waals surface area contributed by atoms with Gasteiger partial charge in [-0.1, -0.05) is 30.3 Å². The van der Waals surface area contributed by atoms with Crippen molar-refractivity contribution in [2.45, 2.75) is 13.5 Å². The molecule has 0 aromatic heterocycles. The molecule has 0 amide bonds.